The average molecular weight is 246 g/mol. The number of ether oxygens (including phenoxy) is 1. The molecule has 1 aromatic rings. The van der Waals surface area contributed by atoms with E-state index in [4.69, 9.17) is 10.00 Å². The van der Waals surface area contributed by atoms with E-state index in [1.807, 2.05) is 27.1 Å². The third-order valence-electron chi connectivity index (χ3n) is 3.04. The first-order valence-electron chi connectivity index (χ1n) is 6.36. The summed E-state index contributed by atoms with van der Waals surface area (Å²) in [6, 6.07) is 8.79. The zero-order valence-electron chi connectivity index (χ0n) is 11.7. The van der Waals surface area contributed by atoms with Gasteiger partial charge in [-0.15, -0.1) is 0 Å². The molecule has 3 nitrogen and oxygen atoms in total. The van der Waals surface area contributed by atoms with Crippen LogP contribution in [0.25, 0.3) is 0 Å². The van der Waals surface area contributed by atoms with Crippen LogP contribution >= 0.6 is 0 Å². The second kappa shape index (κ2) is 7.03. The van der Waals surface area contributed by atoms with Crippen LogP contribution in [0.4, 0.5) is 0 Å². The maximum atomic E-state index is 8.72. The minimum absolute atomic E-state index is 0.291. The molecule has 1 atom stereocenters. The lowest BCUT2D eigenvalue weighted by molar-refractivity contribution is 0.285. The Balaban J connectivity index is 2.92. The van der Waals surface area contributed by atoms with Gasteiger partial charge in [-0.2, -0.15) is 5.26 Å². The van der Waals surface area contributed by atoms with Crippen LogP contribution in [-0.2, 0) is 0 Å². The van der Waals surface area contributed by atoms with Crippen molar-refractivity contribution < 1.29 is 4.74 Å². The van der Waals surface area contributed by atoms with E-state index < -0.39 is 0 Å². The first-order chi connectivity index (χ1) is 8.60. The molecule has 1 unspecified atom stereocenters. The van der Waals surface area contributed by atoms with Crippen molar-refractivity contribution in [3.63, 3.8) is 0 Å². The summed E-state index contributed by atoms with van der Waals surface area (Å²) in [5.74, 6) is 0.944. The van der Waals surface area contributed by atoms with E-state index in [2.05, 4.69) is 30.0 Å². The van der Waals surface area contributed by atoms with Crippen LogP contribution < -0.4 is 4.74 Å². The van der Waals surface area contributed by atoms with E-state index in [0.29, 0.717) is 19.1 Å². The predicted molar refractivity (Wildman–Crippen MR) is 73.6 cm³/mol. The summed E-state index contributed by atoms with van der Waals surface area (Å²) < 4.78 is 5.55. The van der Waals surface area contributed by atoms with Gasteiger partial charge in [-0.1, -0.05) is 12.1 Å². The molecule has 0 radical (unpaired) electrons. The van der Waals surface area contributed by atoms with Gasteiger partial charge in [-0.05, 0) is 51.6 Å². The third kappa shape index (κ3) is 3.75. The number of aryl methyl sites for hydroxylation is 1. The topological polar surface area (TPSA) is 36.3 Å². The van der Waals surface area contributed by atoms with Crippen molar-refractivity contribution in [2.24, 2.45) is 0 Å². The van der Waals surface area contributed by atoms with Crippen LogP contribution in [0.3, 0.4) is 0 Å². The molecular weight excluding hydrogens is 224 g/mol. The summed E-state index contributed by atoms with van der Waals surface area (Å²) in [6.07, 6.45) is 1.44. The normalized spacial score (nSPS) is 12.2. The smallest absolute Gasteiger partial charge is 0.122 e. The van der Waals surface area contributed by atoms with Gasteiger partial charge in [-0.3, -0.25) is 0 Å². The molecule has 1 rings (SSSR count). The summed E-state index contributed by atoms with van der Waals surface area (Å²) in [7, 11) is 4.10. The van der Waals surface area contributed by atoms with Crippen LogP contribution in [0, 0.1) is 18.3 Å². The third-order valence-corrected chi connectivity index (χ3v) is 3.04. The summed E-state index contributed by atoms with van der Waals surface area (Å²) in [4.78, 5) is 2.16. The number of nitrogens with zero attached hydrogens (tertiary/aromatic N) is 2. The van der Waals surface area contributed by atoms with E-state index in [9.17, 15) is 0 Å². The Bertz CT molecular complexity index is 421. The Morgan fingerprint density at radius 3 is 2.61 bits per heavy atom. The number of benzene rings is 1. The average Bonchev–Trinajstić information content (AvgIpc) is 2.32. The molecule has 0 N–H and O–H groups in total. The molecule has 0 aliphatic rings. The molecule has 0 spiro atoms. The summed E-state index contributed by atoms with van der Waals surface area (Å²) >= 11 is 0. The molecule has 98 valence electrons. The molecule has 0 aliphatic carbocycles. The number of hydrogen-bond donors (Lipinski definition) is 0. The summed E-state index contributed by atoms with van der Waals surface area (Å²) in [5.41, 5.74) is 2.40. The molecule has 3 heteroatoms. The van der Waals surface area contributed by atoms with Gasteiger partial charge in [0.15, 0.2) is 0 Å². The van der Waals surface area contributed by atoms with Gasteiger partial charge in [0.25, 0.3) is 0 Å². The standard InChI is InChI=1S/C15H22N2O/c1-5-18-15-9-8-13(11-12(15)2)14(17(3)4)7-6-10-16/h8-9,11,14H,5-7H2,1-4H3. The van der Waals surface area contributed by atoms with E-state index in [1.54, 1.807) is 0 Å². The van der Waals surface area contributed by atoms with Gasteiger partial charge < -0.3 is 9.64 Å². The maximum absolute atomic E-state index is 8.72. The van der Waals surface area contributed by atoms with Gasteiger partial charge in [0.05, 0.1) is 12.7 Å². The Hall–Kier alpha value is -1.53. The first kappa shape index (κ1) is 14.5. The lowest BCUT2D eigenvalue weighted by Gasteiger charge is -2.24. The van der Waals surface area contributed by atoms with Crippen LogP contribution in [0.1, 0.15) is 36.9 Å². The highest BCUT2D eigenvalue weighted by Gasteiger charge is 2.14. The van der Waals surface area contributed by atoms with Crippen LogP contribution in [0.5, 0.6) is 5.75 Å². The SMILES string of the molecule is CCOc1ccc(C(CCC#N)N(C)C)cc1C. The lowest BCUT2D eigenvalue weighted by Crippen LogP contribution is -2.20. The molecule has 0 aliphatic heterocycles. The van der Waals surface area contributed by atoms with Crippen LogP contribution in [0.15, 0.2) is 18.2 Å². The van der Waals surface area contributed by atoms with Crippen LogP contribution in [-0.4, -0.2) is 25.6 Å². The molecule has 0 heterocycles. The number of rotatable bonds is 6. The Labute approximate surface area is 110 Å². The van der Waals surface area contributed by atoms with Crippen molar-refractivity contribution in [3.8, 4) is 11.8 Å². The minimum Gasteiger partial charge on any atom is -0.494 e. The van der Waals surface area contributed by atoms with Crippen molar-refractivity contribution in [1.29, 1.82) is 5.26 Å². The van der Waals surface area contributed by atoms with Crippen LogP contribution in [0.2, 0.25) is 0 Å². The highest BCUT2D eigenvalue weighted by Crippen LogP contribution is 2.28. The van der Waals surface area contributed by atoms with E-state index in [0.717, 1.165) is 17.7 Å². The monoisotopic (exact) mass is 246 g/mol. The van der Waals surface area contributed by atoms with Gasteiger partial charge in [0.2, 0.25) is 0 Å². The summed E-state index contributed by atoms with van der Waals surface area (Å²) in [6.45, 7) is 4.74. The first-order valence-corrected chi connectivity index (χ1v) is 6.36. The van der Waals surface area contributed by atoms with Crippen molar-refractivity contribution in [2.45, 2.75) is 32.7 Å². The van der Waals surface area contributed by atoms with E-state index in [1.165, 1.54) is 5.56 Å². The molecule has 18 heavy (non-hydrogen) atoms. The highest BCUT2D eigenvalue weighted by atomic mass is 16.5. The molecule has 0 bridgehead atoms. The fraction of sp³-hybridized carbons (Fsp3) is 0.533. The van der Waals surface area contributed by atoms with E-state index >= 15 is 0 Å². The fourth-order valence-corrected chi connectivity index (χ4v) is 2.12. The Morgan fingerprint density at radius 1 is 1.39 bits per heavy atom. The fourth-order valence-electron chi connectivity index (χ4n) is 2.12. The molecule has 0 amide bonds. The molecular formula is C15H22N2O. The predicted octanol–water partition coefficient (Wildman–Crippen LogP) is 3.30. The van der Waals surface area contributed by atoms with Gasteiger partial charge in [0.1, 0.15) is 5.75 Å². The van der Waals surface area contributed by atoms with Crippen molar-refractivity contribution in [1.82, 2.24) is 4.90 Å². The second-order valence-electron chi connectivity index (χ2n) is 4.63. The number of nitriles is 1. The molecule has 0 saturated heterocycles. The van der Waals surface area contributed by atoms with E-state index in [-0.39, 0.29) is 0 Å². The van der Waals surface area contributed by atoms with Gasteiger partial charge >= 0.3 is 0 Å². The lowest BCUT2D eigenvalue weighted by atomic mass is 9.99. The Morgan fingerprint density at radius 2 is 2.11 bits per heavy atom. The Kier molecular flexibility index (Phi) is 5.67. The molecule has 0 saturated carbocycles. The highest BCUT2D eigenvalue weighted by molar-refractivity contribution is 5.37. The largest absolute Gasteiger partial charge is 0.494 e. The second-order valence-corrected chi connectivity index (χ2v) is 4.63. The molecule has 1 aromatic carbocycles. The quantitative estimate of drug-likeness (QED) is 0.772. The van der Waals surface area contributed by atoms with Crippen molar-refractivity contribution >= 4 is 0 Å². The van der Waals surface area contributed by atoms with Crippen molar-refractivity contribution in [3.05, 3.63) is 29.3 Å². The number of hydrogen-bond acceptors (Lipinski definition) is 3. The zero-order valence-corrected chi connectivity index (χ0v) is 11.7. The zero-order chi connectivity index (χ0) is 13.5. The van der Waals surface area contributed by atoms with Gasteiger partial charge in [-0.25, -0.2) is 0 Å². The minimum atomic E-state index is 0.291. The molecule has 0 aromatic heterocycles. The molecule has 0 fully saturated rings. The van der Waals surface area contributed by atoms with Crippen molar-refractivity contribution in [2.75, 3.05) is 20.7 Å². The summed E-state index contributed by atoms with van der Waals surface area (Å²) in [5, 5.41) is 8.72. The van der Waals surface area contributed by atoms with Gasteiger partial charge in [0, 0.05) is 12.5 Å². The maximum Gasteiger partial charge on any atom is 0.122 e.